The fraction of sp³-hybridized carbons (Fsp3) is 0.722. The van der Waals surface area contributed by atoms with Crippen molar-refractivity contribution in [3.05, 3.63) is 38.3 Å². The molecule has 1 aromatic heterocycles. The van der Waals surface area contributed by atoms with Crippen molar-refractivity contribution in [2.75, 3.05) is 19.8 Å². The van der Waals surface area contributed by atoms with Gasteiger partial charge in [-0.15, -0.1) is 0 Å². The largest absolute Gasteiger partial charge is 0.327 e. The molecule has 0 aromatic carbocycles. The first-order valence-corrected chi connectivity index (χ1v) is 11.1. The van der Waals surface area contributed by atoms with E-state index in [0.717, 1.165) is 19.3 Å². The summed E-state index contributed by atoms with van der Waals surface area (Å²) in [7, 11) is -1.01. The van der Waals surface area contributed by atoms with Crippen LogP contribution in [0.15, 0.2) is 11.0 Å². The second-order valence-corrected chi connectivity index (χ2v) is 9.21. The van der Waals surface area contributed by atoms with Gasteiger partial charge in [-0.2, -0.15) is 0 Å². The van der Waals surface area contributed by atoms with Gasteiger partial charge in [0.15, 0.2) is 13.1 Å². The van der Waals surface area contributed by atoms with E-state index in [-0.39, 0.29) is 17.2 Å². The molecule has 1 heterocycles. The molecule has 0 saturated heterocycles. The Morgan fingerprint density at radius 2 is 2.35 bits per heavy atom. The Kier molecular flexibility index (Phi) is 5.98. The minimum atomic E-state index is -1.01. The number of aromatic nitrogens is 2. The number of aromatic amines is 1. The normalized spacial score (nSPS) is 31.5. The lowest BCUT2D eigenvalue weighted by atomic mass is 9.90. The van der Waals surface area contributed by atoms with Gasteiger partial charge >= 0.3 is 0 Å². The van der Waals surface area contributed by atoms with Crippen molar-refractivity contribution in [1.82, 2.24) is 9.55 Å². The molecule has 0 bridgehead atoms. The first kappa shape index (κ1) is 19.7. The smallest absolute Gasteiger partial charge is 0.254 e. The van der Waals surface area contributed by atoms with Crippen molar-refractivity contribution in [3.8, 4) is 0 Å². The van der Waals surface area contributed by atoms with E-state index in [9.17, 15) is 4.79 Å². The molecule has 1 unspecified atom stereocenters. The molecule has 0 aliphatic heterocycles. The summed E-state index contributed by atoms with van der Waals surface area (Å²) in [5, 5.41) is 0. The third-order valence-electron chi connectivity index (χ3n) is 5.82. The van der Waals surface area contributed by atoms with Crippen LogP contribution >= 0.6 is 20.6 Å². The molecule has 0 amide bonds. The van der Waals surface area contributed by atoms with Crippen LogP contribution in [0.5, 0.6) is 0 Å². The maximum Gasteiger partial charge on any atom is 0.254 e. The molecule has 2 aliphatic rings. The highest BCUT2D eigenvalue weighted by atomic mass is 32.1. The van der Waals surface area contributed by atoms with Crippen LogP contribution in [0.3, 0.4) is 0 Å². The third-order valence-corrected chi connectivity index (χ3v) is 7.30. The van der Waals surface area contributed by atoms with E-state index in [0.29, 0.717) is 35.3 Å². The van der Waals surface area contributed by atoms with E-state index >= 15 is 0 Å². The molecule has 3 rings (SSSR count). The van der Waals surface area contributed by atoms with Crippen LogP contribution in [0.25, 0.3) is 4.85 Å². The van der Waals surface area contributed by atoms with E-state index in [1.54, 1.807) is 0 Å². The Morgan fingerprint density at radius 3 is 3.08 bits per heavy atom. The molecule has 0 spiro atoms. The molecule has 1 N–H and O–H groups in total. The number of nitrogens with one attached hydrogen (secondary N) is 1. The number of hydrogen-bond acceptors (Lipinski definition) is 4. The Labute approximate surface area is 160 Å². The van der Waals surface area contributed by atoms with E-state index in [1.165, 1.54) is 6.42 Å². The lowest BCUT2D eigenvalue weighted by molar-refractivity contribution is 0.0392. The number of aryl methyl sites for hydroxylation is 1. The summed E-state index contributed by atoms with van der Waals surface area (Å²) in [6, 6.07) is 0.234. The molecule has 6 nitrogen and oxygen atoms in total. The monoisotopic (exact) mass is 395 g/mol. The number of H-pyrrole nitrogens is 1. The molecule has 26 heavy (non-hydrogen) atoms. The van der Waals surface area contributed by atoms with Crippen LogP contribution in [0.2, 0.25) is 0 Å². The van der Waals surface area contributed by atoms with Crippen LogP contribution in [0.1, 0.15) is 44.2 Å². The van der Waals surface area contributed by atoms with E-state index in [1.807, 2.05) is 24.4 Å². The molecule has 2 saturated carbocycles. The van der Waals surface area contributed by atoms with Gasteiger partial charge in [-0.3, -0.25) is 9.78 Å². The zero-order chi connectivity index (χ0) is 18.9. The van der Waals surface area contributed by atoms with Gasteiger partial charge in [0.05, 0.1) is 5.60 Å². The SMILES string of the molecule is [C-]#[N+]CCOP(C)O[C@]12CC[C@@H](C)[C@H]1C[C@@H](n1cc(C)c(=O)[nH]c1=S)C2. The van der Waals surface area contributed by atoms with E-state index < -0.39 is 8.38 Å². The minimum absolute atomic E-state index is 0.117. The van der Waals surface area contributed by atoms with Crippen LogP contribution < -0.4 is 5.56 Å². The molecule has 1 aromatic rings. The van der Waals surface area contributed by atoms with Gasteiger partial charge in [0.1, 0.15) is 6.61 Å². The molecule has 2 aliphatic carbocycles. The van der Waals surface area contributed by atoms with Crippen LogP contribution in [-0.4, -0.2) is 35.0 Å². The predicted molar refractivity (Wildman–Crippen MR) is 105 cm³/mol. The first-order valence-electron chi connectivity index (χ1n) is 9.07. The second kappa shape index (κ2) is 7.90. The van der Waals surface area contributed by atoms with Crippen molar-refractivity contribution < 1.29 is 9.05 Å². The summed E-state index contributed by atoms with van der Waals surface area (Å²) in [4.78, 5) is 17.9. The molecule has 142 valence electrons. The average molecular weight is 395 g/mol. The number of nitrogens with zero attached hydrogens (tertiary/aromatic N) is 2. The summed E-state index contributed by atoms with van der Waals surface area (Å²) >= 11 is 5.41. The standard InChI is InChI=1S/C18H26N3O3PS/c1-12-5-6-18(24-25(4)23-8-7-19-3)10-14(9-15(12)18)21-11-13(2)16(22)20-17(21)26/h11-12,14-15H,5-10H2,1-2,4H3,(H,20,22,26)/t12-,14-,15-,18+,25?/m1/s1. The summed E-state index contributed by atoms with van der Waals surface area (Å²) < 4.78 is 14.8. The summed E-state index contributed by atoms with van der Waals surface area (Å²) in [5.41, 5.74) is 0.384. The maximum absolute atomic E-state index is 11.8. The topological polar surface area (TPSA) is 60.6 Å². The van der Waals surface area contributed by atoms with Crippen molar-refractivity contribution in [3.63, 3.8) is 0 Å². The maximum atomic E-state index is 11.8. The van der Waals surface area contributed by atoms with E-state index in [4.69, 9.17) is 27.8 Å². The average Bonchev–Trinajstić information content (AvgIpc) is 3.08. The highest BCUT2D eigenvalue weighted by Gasteiger charge is 2.55. The van der Waals surface area contributed by atoms with Gasteiger partial charge in [0, 0.05) is 24.5 Å². The first-order chi connectivity index (χ1) is 12.4. The fourth-order valence-corrected chi connectivity index (χ4v) is 6.07. The van der Waals surface area contributed by atoms with Gasteiger partial charge in [-0.25, -0.2) is 6.57 Å². The van der Waals surface area contributed by atoms with Crippen LogP contribution in [0, 0.1) is 30.1 Å². The Bertz CT molecular complexity index is 817. The number of fused-ring (bicyclic) bond motifs is 1. The van der Waals surface area contributed by atoms with Crippen molar-refractivity contribution in [2.24, 2.45) is 11.8 Å². The molecule has 0 radical (unpaired) electrons. The summed E-state index contributed by atoms with van der Waals surface area (Å²) in [5.74, 6) is 1.07. The van der Waals surface area contributed by atoms with E-state index in [2.05, 4.69) is 16.8 Å². The zero-order valence-corrected chi connectivity index (χ0v) is 17.2. The summed E-state index contributed by atoms with van der Waals surface area (Å²) in [6.45, 7) is 13.8. The highest BCUT2D eigenvalue weighted by Crippen LogP contribution is 2.60. The van der Waals surface area contributed by atoms with Crippen molar-refractivity contribution in [1.29, 1.82) is 0 Å². The van der Waals surface area contributed by atoms with Crippen LogP contribution in [-0.2, 0) is 9.05 Å². The molecule has 8 heteroatoms. The van der Waals surface area contributed by atoms with Crippen molar-refractivity contribution in [2.45, 2.75) is 51.2 Å². The fourth-order valence-electron chi connectivity index (χ4n) is 4.57. The molecule has 5 atom stereocenters. The molecular formula is C18H26N3O3PS. The Morgan fingerprint density at radius 1 is 1.58 bits per heavy atom. The lowest BCUT2D eigenvalue weighted by Gasteiger charge is -2.33. The zero-order valence-electron chi connectivity index (χ0n) is 15.5. The predicted octanol–water partition coefficient (Wildman–Crippen LogP) is 4.23. The molecular weight excluding hydrogens is 369 g/mol. The minimum Gasteiger partial charge on any atom is -0.327 e. The van der Waals surface area contributed by atoms with Gasteiger partial charge in [-0.1, -0.05) is 6.92 Å². The third kappa shape index (κ3) is 3.80. The second-order valence-electron chi connectivity index (χ2n) is 7.51. The number of rotatable bonds is 6. The quantitative estimate of drug-likeness (QED) is 0.339. The van der Waals surface area contributed by atoms with Gasteiger partial charge in [-0.05, 0) is 56.7 Å². The lowest BCUT2D eigenvalue weighted by Crippen LogP contribution is -2.32. The highest BCUT2D eigenvalue weighted by molar-refractivity contribution is 7.71. The Balaban J connectivity index is 1.80. The van der Waals surface area contributed by atoms with Gasteiger partial charge < -0.3 is 18.5 Å². The Hall–Kier alpha value is -1.06. The van der Waals surface area contributed by atoms with Crippen LogP contribution in [0.4, 0.5) is 0 Å². The summed E-state index contributed by atoms with van der Waals surface area (Å²) in [6.07, 6.45) is 5.97. The van der Waals surface area contributed by atoms with Gasteiger partial charge in [0.2, 0.25) is 6.54 Å². The van der Waals surface area contributed by atoms with Gasteiger partial charge in [0.25, 0.3) is 5.56 Å². The van der Waals surface area contributed by atoms with Crippen molar-refractivity contribution >= 4 is 20.6 Å². The molecule has 2 fully saturated rings. The number of hydrogen-bond donors (Lipinski definition) is 1.